The molecular formula is C22H36ClIN4O3. The SMILES string of the molecule is CCNC(=NCC(c1cccc(Cl)c1)N1CCOCC1)NCCCOC1CCOC1.I. The Morgan fingerprint density at radius 3 is 2.81 bits per heavy atom. The molecule has 0 saturated carbocycles. The van der Waals surface area contributed by atoms with E-state index < -0.39 is 0 Å². The van der Waals surface area contributed by atoms with Crippen LogP contribution in [-0.4, -0.2) is 82.7 Å². The fourth-order valence-corrected chi connectivity index (χ4v) is 3.93. The highest BCUT2D eigenvalue weighted by Gasteiger charge is 2.23. The Morgan fingerprint density at radius 2 is 2.10 bits per heavy atom. The minimum atomic E-state index is 0. The summed E-state index contributed by atoms with van der Waals surface area (Å²) >= 11 is 6.26. The van der Waals surface area contributed by atoms with Crippen LogP contribution in [-0.2, 0) is 14.2 Å². The number of halogens is 2. The molecule has 1 aromatic rings. The molecule has 0 aliphatic carbocycles. The number of benzene rings is 1. The maximum absolute atomic E-state index is 6.26. The number of ether oxygens (including phenoxy) is 3. The van der Waals surface area contributed by atoms with Gasteiger partial charge in [-0.3, -0.25) is 9.89 Å². The van der Waals surface area contributed by atoms with Gasteiger partial charge in [0.05, 0.1) is 38.5 Å². The van der Waals surface area contributed by atoms with Crippen LogP contribution < -0.4 is 10.6 Å². The molecule has 31 heavy (non-hydrogen) atoms. The van der Waals surface area contributed by atoms with Crippen molar-refractivity contribution in [2.45, 2.75) is 31.9 Å². The molecule has 2 aliphatic heterocycles. The van der Waals surface area contributed by atoms with Crippen molar-refractivity contribution < 1.29 is 14.2 Å². The molecule has 7 nitrogen and oxygen atoms in total. The first-order valence-corrected chi connectivity index (χ1v) is 11.4. The highest BCUT2D eigenvalue weighted by molar-refractivity contribution is 14.0. The number of rotatable bonds is 10. The molecule has 0 bridgehead atoms. The highest BCUT2D eigenvalue weighted by Crippen LogP contribution is 2.24. The number of aliphatic imine (C=N–C) groups is 1. The molecule has 0 amide bonds. The molecule has 2 aliphatic rings. The number of guanidine groups is 1. The van der Waals surface area contributed by atoms with Gasteiger partial charge in [-0.1, -0.05) is 23.7 Å². The summed E-state index contributed by atoms with van der Waals surface area (Å²) in [4.78, 5) is 7.31. The van der Waals surface area contributed by atoms with Crippen LogP contribution in [0.25, 0.3) is 0 Å². The lowest BCUT2D eigenvalue weighted by atomic mass is 10.0. The molecule has 0 aromatic heterocycles. The van der Waals surface area contributed by atoms with Crippen LogP contribution in [0.4, 0.5) is 0 Å². The van der Waals surface area contributed by atoms with E-state index >= 15 is 0 Å². The van der Waals surface area contributed by atoms with Crippen molar-refractivity contribution in [2.24, 2.45) is 4.99 Å². The lowest BCUT2D eigenvalue weighted by Crippen LogP contribution is -2.42. The average Bonchev–Trinajstić information content (AvgIpc) is 3.28. The van der Waals surface area contributed by atoms with Gasteiger partial charge in [0.25, 0.3) is 0 Å². The van der Waals surface area contributed by atoms with Gasteiger partial charge < -0.3 is 24.8 Å². The van der Waals surface area contributed by atoms with Crippen LogP contribution >= 0.6 is 35.6 Å². The van der Waals surface area contributed by atoms with Gasteiger partial charge in [0, 0.05) is 44.4 Å². The molecule has 2 heterocycles. The summed E-state index contributed by atoms with van der Waals surface area (Å²) < 4.78 is 16.7. The summed E-state index contributed by atoms with van der Waals surface area (Å²) in [5, 5.41) is 7.53. The van der Waals surface area contributed by atoms with Crippen LogP contribution in [0.15, 0.2) is 29.3 Å². The molecular weight excluding hydrogens is 531 g/mol. The number of hydrogen-bond acceptors (Lipinski definition) is 5. The third-order valence-electron chi connectivity index (χ3n) is 5.34. The second-order valence-electron chi connectivity index (χ2n) is 7.58. The summed E-state index contributed by atoms with van der Waals surface area (Å²) in [5.41, 5.74) is 1.19. The standard InChI is InChI=1S/C22H35ClN4O3.HI/c1-2-24-22(25-8-4-11-30-20-7-12-29-17-20)26-16-21(27-9-13-28-14-10-27)18-5-3-6-19(23)15-18;/h3,5-6,15,20-21H,2,4,7-14,16-17H2,1H3,(H2,24,25,26);1H. The van der Waals surface area contributed by atoms with Gasteiger partial charge in [0.15, 0.2) is 5.96 Å². The first-order valence-electron chi connectivity index (χ1n) is 11.0. The molecule has 2 N–H and O–H groups in total. The monoisotopic (exact) mass is 566 g/mol. The Hall–Kier alpha value is -0.650. The second kappa shape index (κ2) is 15.2. The van der Waals surface area contributed by atoms with Crippen molar-refractivity contribution >= 4 is 41.5 Å². The van der Waals surface area contributed by atoms with Gasteiger partial charge >= 0.3 is 0 Å². The van der Waals surface area contributed by atoms with Crippen molar-refractivity contribution in [3.63, 3.8) is 0 Å². The quantitative estimate of drug-likeness (QED) is 0.196. The van der Waals surface area contributed by atoms with Gasteiger partial charge in [-0.25, -0.2) is 0 Å². The maximum Gasteiger partial charge on any atom is 0.191 e. The number of morpholine rings is 1. The molecule has 2 saturated heterocycles. The minimum Gasteiger partial charge on any atom is -0.379 e. The zero-order valence-electron chi connectivity index (χ0n) is 18.4. The van der Waals surface area contributed by atoms with E-state index in [2.05, 4.69) is 28.5 Å². The van der Waals surface area contributed by atoms with Gasteiger partial charge in [-0.05, 0) is 37.5 Å². The van der Waals surface area contributed by atoms with E-state index in [0.29, 0.717) is 6.54 Å². The van der Waals surface area contributed by atoms with Gasteiger partial charge in [-0.15, -0.1) is 24.0 Å². The molecule has 3 rings (SSSR count). The Bertz CT molecular complexity index is 655. The first kappa shape index (κ1) is 26.6. The molecule has 9 heteroatoms. The minimum absolute atomic E-state index is 0. The zero-order valence-corrected chi connectivity index (χ0v) is 21.4. The smallest absolute Gasteiger partial charge is 0.191 e. The Balaban J connectivity index is 0.00000341. The van der Waals surface area contributed by atoms with E-state index in [-0.39, 0.29) is 36.1 Å². The molecule has 0 radical (unpaired) electrons. The lowest BCUT2D eigenvalue weighted by Gasteiger charge is -2.34. The summed E-state index contributed by atoms with van der Waals surface area (Å²) in [6.45, 7) is 9.97. The number of hydrogen-bond donors (Lipinski definition) is 2. The normalized spacial score (nSPS) is 20.8. The van der Waals surface area contributed by atoms with Crippen molar-refractivity contribution in [3.8, 4) is 0 Å². The number of nitrogens with one attached hydrogen (secondary N) is 2. The van der Waals surface area contributed by atoms with E-state index in [1.165, 1.54) is 5.56 Å². The van der Waals surface area contributed by atoms with Gasteiger partial charge in [0.1, 0.15) is 0 Å². The fraction of sp³-hybridized carbons (Fsp3) is 0.682. The van der Waals surface area contributed by atoms with Crippen molar-refractivity contribution in [2.75, 3.05) is 65.8 Å². The zero-order chi connectivity index (χ0) is 21.0. The fourth-order valence-electron chi connectivity index (χ4n) is 3.73. The molecule has 176 valence electrons. The Labute approximate surface area is 208 Å². The number of nitrogens with zero attached hydrogens (tertiary/aromatic N) is 2. The van der Waals surface area contributed by atoms with Crippen LogP contribution in [0.2, 0.25) is 5.02 Å². The van der Waals surface area contributed by atoms with Crippen LogP contribution in [0.5, 0.6) is 0 Å². The van der Waals surface area contributed by atoms with E-state index in [0.717, 1.165) is 83.0 Å². The summed E-state index contributed by atoms with van der Waals surface area (Å²) in [7, 11) is 0. The topological polar surface area (TPSA) is 67.4 Å². The Kier molecular flexibility index (Phi) is 13.1. The molecule has 2 unspecified atom stereocenters. The third-order valence-corrected chi connectivity index (χ3v) is 5.58. The van der Waals surface area contributed by atoms with Gasteiger partial charge in [-0.2, -0.15) is 0 Å². The maximum atomic E-state index is 6.26. The van der Waals surface area contributed by atoms with Crippen molar-refractivity contribution in [3.05, 3.63) is 34.9 Å². The van der Waals surface area contributed by atoms with E-state index in [9.17, 15) is 0 Å². The third kappa shape index (κ3) is 9.39. The molecule has 0 spiro atoms. The van der Waals surface area contributed by atoms with E-state index in [4.69, 9.17) is 30.8 Å². The van der Waals surface area contributed by atoms with Gasteiger partial charge in [0.2, 0.25) is 0 Å². The Morgan fingerprint density at radius 1 is 1.26 bits per heavy atom. The van der Waals surface area contributed by atoms with E-state index in [1.54, 1.807) is 0 Å². The largest absolute Gasteiger partial charge is 0.379 e. The molecule has 2 fully saturated rings. The summed E-state index contributed by atoms with van der Waals surface area (Å²) in [6, 6.07) is 8.27. The van der Waals surface area contributed by atoms with Crippen molar-refractivity contribution in [1.29, 1.82) is 0 Å². The van der Waals surface area contributed by atoms with Crippen LogP contribution in [0.3, 0.4) is 0 Å². The van der Waals surface area contributed by atoms with Crippen LogP contribution in [0.1, 0.15) is 31.4 Å². The second-order valence-corrected chi connectivity index (χ2v) is 8.01. The van der Waals surface area contributed by atoms with Crippen LogP contribution in [0, 0.1) is 0 Å². The highest BCUT2D eigenvalue weighted by atomic mass is 127. The first-order chi connectivity index (χ1) is 14.8. The molecule has 1 aromatic carbocycles. The molecule has 2 atom stereocenters. The summed E-state index contributed by atoms with van der Waals surface area (Å²) in [5.74, 6) is 0.835. The predicted octanol–water partition coefficient (Wildman–Crippen LogP) is 3.08. The van der Waals surface area contributed by atoms with Crippen molar-refractivity contribution in [1.82, 2.24) is 15.5 Å². The van der Waals surface area contributed by atoms with E-state index in [1.807, 2.05) is 18.2 Å². The predicted molar refractivity (Wildman–Crippen MR) is 136 cm³/mol. The average molecular weight is 567 g/mol. The summed E-state index contributed by atoms with van der Waals surface area (Å²) in [6.07, 6.45) is 2.20. The lowest BCUT2D eigenvalue weighted by molar-refractivity contribution is 0.0179.